The van der Waals surface area contributed by atoms with Crippen molar-refractivity contribution >= 4 is 28.2 Å². The summed E-state index contributed by atoms with van der Waals surface area (Å²) in [4.78, 5) is 15.4. The second-order valence-corrected chi connectivity index (χ2v) is 3.53. The Balaban J connectivity index is 2.63. The van der Waals surface area contributed by atoms with Crippen molar-refractivity contribution in [2.24, 2.45) is 0 Å². The molecule has 0 saturated heterocycles. The summed E-state index contributed by atoms with van der Waals surface area (Å²) in [5, 5.41) is 6.83. The summed E-state index contributed by atoms with van der Waals surface area (Å²) in [5.74, 6) is -0.0970. The summed E-state index contributed by atoms with van der Waals surface area (Å²) in [7, 11) is 1.84. The Labute approximate surface area is 93.7 Å². The van der Waals surface area contributed by atoms with E-state index in [0.29, 0.717) is 0 Å². The van der Waals surface area contributed by atoms with Gasteiger partial charge in [-0.3, -0.25) is 9.78 Å². The summed E-state index contributed by atoms with van der Waals surface area (Å²) < 4.78 is 0. The first kappa shape index (κ1) is 10.4. The zero-order valence-corrected chi connectivity index (χ0v) is 9.24. The molecule has 2 rings (SSSR count). The van der Waals surface area contributed by atoms with Gasteiger partial charge >= 0.3 is 0 Å². The van der Waals surface area contributed by atoms with E-state index in [0.717, 1.165) is 22.3 Å². The van der Waals surface area contributed by atoms with Gasteiger partial charge in [0.2, 0.25) is 5.91 Å². The van der Waals surface area contributed by atoms with Crippen LogP contribution in [-0.4, -0.2) is 17.9 Å². The fourth-order valence-corrected chi connectivity index (χ4v) is 1.62. The van der Waals surface area contributed by atoms with E-state index < -0.39 is 0 Å². The number of nitrogens with zero attached hydrogens (tertiary/aromatic N) is 1. The van der Waals surface area contributed by atoms with Gasteiger partial charge in [0.25, 0.3) is 0 Å². The fraction of sp³-hybridized carbons (Fsp3) is 0.167. The SMILES string of the molecule is CNc1cc(NC(C)=O)c2ncccc2c1. The van der Waals surface area contributed by atoms with Crippen molar-refractivity contribution < 1.29 is 4.79 Å². The first-order valence-electron chi connectivity index (χ1n) is 5.05. The smallest absolute Gasteiger partial charge is 0.221 e. The lowest BCUT2D eigenvalue weighted by Crippen LogP contribution is -2.07. The Bertz CT molecular complexity index is 537. The molecule has 4 nitrogen and oxygen atoms in total. The van der Waals surface area contributed by atoms with E-state index in [2.05, 4.69) is 15.6 Å². The number of fused-ring (bicyclic) bond motifs is 1. The molecule has 1 aromatic carbocycles. The number of benzene rings is 1. The van der Waals surface area contributed by atoms with Gasteiger partial charge in [0.05, 0.1) is 11.2 Å². The van der Waals surface area contributed by atoms with E-state index >= 15 is 0 Å². The molecule has 1 heterocycles. The monoisotopic (exact) mass is 215 g/mol. The minimum absolute atomic E-state index is 0.0970. The number of carbonyl (C=O) groups excluding carboxylic acids is 1. The van der Waals surface area contributed by atoms with Crippen LogP contribution in [-0.2, 0) is 4.79 Å². The van der Waals surface area contributed by atoms with Crippen LogP contribution in [0.1, 0.15) is 6.92 Å². The second-order valence-electron chi connectivity index (χ2n) is 3.53. The van der Waals surface area contributed by atoms with Crippen molar-refractivity contribution in [3.63, 3.8) is 0 Å². The van der Waals surface area contributed by atoms with Crippen LogP contribution >= 0.6 is 0 Å². The molecule has 0 fully saturated rings. The third-order valence-corrected chi connectivity index (χ3v) is 2.30. The summed E-state index contributed by atoms with van der Waals surface area (Å²) in [6.45, 7) is 1.49. The van der Waals surface area contributed by atoms with E-state index in [9.17, 15) is 4.79 Å². The maximum Gasteiger partial charge on any atom is 0.221 e. The summed E-state index contributed by atoms with van der Waals surface area (Å²) >= 11 is 0. The topological polar surface area (TPSA) is 54.0 Å². The number of pyridine rings is 1. The maximum atomic E-state index is 11.1. The highest BCUT2D eigenvalue weighted by Gasteiger charge is 2.05. The minimum atomic E-state index is -0.0970. The van der Waals surface area contributed by atoms with Crippen LogP contribution in [0.3, 0.4) is 0 Å². The number of hydrogen-bond acceptors (Lipinski definition) is 3. The molecule has 16 heavy (non-hydrogen) atoms. The third-order valence-electron chi connectivity index (χ3n) is 2.30. The molecule has 82 valence electrons. The Kier molecular flexibility index (Phi) is 2.72. The molecule has 0 aliphatic heterocycles. The predicted octanol–water partition coefficient (Wildman–Crippen LogP) is 2.23. The number of nitrogens with one attached hydrogen (secondary N) is 2. The Hall–Kier alpha value is -2.10. The molecule has 0 aliphatic carbocycles. The first-order chi connectivity index (χ1) is 7.70. The molecule has 2 aromatic rings. The fourth-order valence-electron chi connectivity index (χ4n) is 1.62. The van der Waals surface area contributed by atoms with Crippen LogP contribution < -0.4 is 10.6 Å². The van der Waals surface area contributed by atoms with Gasteiger partial charge in [-0.15, -0.1) is 0 Å². The Morgan fingerprint density at radius 2 is 2.19 bits per heavy atom. The summed E-state index contributed by atoms with van der Waals surface area (Å²) in [5.41, 5.74) is 2.48. The van der Waals surface area contributed by atoms with E-state index in [1.807, 2.05) is 31.3 Å². The molecule has 0 spiro atoms. The average molecular weight is 215 g/mol. The number of aromatic nitrogens is 1. The second kappa shape index (κ2) is 4.18. The van der Waals surface area contributed by atoms with E-state index in [1.165, 1.54) is 6.92 Å². The highest BCUT2D eigenvalue weighted by Crippen LogP contribution is 2.25. The van der Waals surface area contributed by atoms with Gasteiger partial charge in [0.1, 0.15) is 0 Å². The van der Waals surface area contributed by atoms with Crippen molar-refractivity contribution in [3.8, 4) is 0 Å². The standard InChI is InChI=1S/C12H13N3O/c1-8(16)15-11-7-10(13-2)6-9-4-3-5-14-12(9)11/h3-7,13H,1-2H3,(H,15,16). The predicted molar refractivity (Wildman–Crippen MR) is 65.6 cm³/mol. The number of anilines is 2. The van der Waals surface area contributed by atoms with Crippen molar-refractivity contribution in [3.05, 3.63) is 30.5 Å². The zero-order valence-electron chi connectivity index (χ0n) is 9.24. The van der Waals surface area contributed by atoms with Crippen molar-refractivity contribution in [1.29, 1.82) is 0 Å². The molecule has 0 atom stereocenters. The lowest BCUT2D eigenvalue weighted by Gasteiger charge is -2.09. The molecular formula is C12H13N3O. The van der Waals surface area contributed by atoms with Crippen LogP contribution in [0, 0.1) is 0 Å². The lowest BCUT2D eigenvalue weighted by atomic mass is 10.1. The number of amides is 1. The molecule has 1 amide bonds. The minimum Gasteiger partial charge on any atom is -0.388 e. The molecule has 2 N–H and O–H groups in total. The average Bonchev–Trinajstić information content (AvgIpc) is 2.28. The summed E-state index contributed by atoms with van der Waals surface area (Å²) in [6.07, 6.45) is 1.71. The molecule has 1 aromatic heterocycles. The van der Waals surface area contributed by atoms with Crippen LogP contribution in [0.2, 0.25) is 0 Å². The van der Waals surface area contributed by atoms with E-state index in [-0.39, 0.29) is 5.91 Å². The van der Waals surface area contributed by atoms with Crippen molar-refractivity contribution in [2.75, 3.05) is 17.7 Å². The maximum absolute atomic E-state index is 11.1. The summed E-state index contributed by atoms with van der Waals surface area (Å²) in [6, 6.07) is 7.71. The third kappa shape index (κ3) is 1.95. The van der Waals surface area contributed by atoms with E-state index in [4.69, 9.17) is 0 Å². The zero-order chi connectivity index (χ0) is 11.5. The van der Waals surface area contributed by atoms with E-state index in [1.54, 1.807) is 6.20 Å². The molecule has 4 heteroatoms. The van der Waals surface area contributed by atoms with Crippen molar-refractivity contribution in [1.82, 2.24) is 4.98 Å². The molecule has 0 radical (unpaired) electrons. The largest absolute Gasteiger partial charge is 0.388 e. The van der Waals surface area contributed by atoms with Gasteiger partial charge in [-0.25, -0.2) is 0 Å². The molecule has 0 saturated carbocycles. The van der Waals surface area contributed by atoms with Crippen molar-refractivity contribution in [2.45, 2.75) is 6.92 Å². The normalized spacial score (nSPS) is 10.1. The highest BCUT2D eigenvalue weighted by atomic mass is 16.1. The van der Waals surface area contributed by atoms with Gasteiger partial charge in [-0.05, 0) is 18.2 Å². The van der Waals surface area contributed by atoms with Gasteiger partial charge in [0, 0.05) is 31.2 Å². The number of hydrogen-bond donors (Lipinski definition) is 2. The highest BCUT2D eigenvalue weighted by molar-refractivity contribution is 6.01. The van der Waals surface area contributed by atoms with Crippen LogP contribution in [0.5, 0.6) is 0 Å². The van der Waals surface area contributed by atoms with Gasteiger partial charge < -0.3 is 10.6 Å². The van der Waals surface area contributed by atoms with Gasteiger partial charge in [-0.2, -0.15) is 0 Å². The molecule has 0 bridgehead atoms. The quantitative estimate of drug-likeness (QED) is 0.807. The first-order valence-corrected chi connectivity index (χ1v) is 5.05. The molecule has 0 aliphatic rings. The number of carbonyl (C=O) groups is 1. The Morgan fingerprint density at radius 3 is 2.88 bits per heavy atom. The van der Waals surface area contributed by atoms with Crippen LogP contribution in [0.15, 0.2) is 30.5 Å². The lowest BCUT2D eigenvalue weighted by molar-refractivity contribution is -0.114. The Morgan fingerprint density at radius 1 is 1.38 bits per heavy atom. The molecular weight excluding hydrogens is 202 g/mol. The molecule has 0 unspecified atom stereocenters. The van der Waals surface area contributed by atoms with Gasteiger partial charge in [-0.1, -0.05) is 6.07 Å². The van der Waals surface area contributed by atoms with Gasteiger partial charge in [0.15, 0.2) is 0 Å². The van der Waals surface area contributed by atoms with Crippen LogP contribution in [0.25, 0.3) is 10.9 Å². The van der Waals surface area contributed by atoms with Crippen LogP contribution in [0.4, 0.5) is 11.4 Å². The number of rotatable bonds is 2.